The number of nitrogens with zero attached hydrogens (tertiary/aromatic N) is 2. The molecule has 0 bridgehead atoms. The third-order valence-corrected chi connectivity index (χ3v) is 6.94. The average molecular weight is 466 g/mol. The number of amides is 1. The third kappa shape index (κ3) is 5.96. The molecule has 1 heterocycles. The standard InChI is InChI=1S/C22H28FN3O5S/c1-17-3-8-20(30-2)21(15-17)32(28,29)26(19-6-4-18(23)5-7-19)16-22(27)24-9-10-25-11-13-31-14-12-25/h3-8,15H,9-14,16H2,1-2H3,(H,24,27). The molecule has 1 saturated heterocycles. The van der Waals surface area contributed by atoms with E-state index >= 15 is 0 Å². The molecule has 1 amide bonds. The summed E-state index contributed by atoms with van der Waals surface area (Å²) in [6.45, 7) is 5.23. The van der Waals surface area contributed by atoms with Gasteiger partial charge in [0, 0.05) is 26.2 Å². The van der Waals surface area contributed by atoms with E-state index in [2.05, 4.69) is 10.2 Å². The van der Waals surface area contributed by atoms with E-state index in [0.29, 0.717) is 26.3 Å². The molecule has 0 radical (unpaired) electrons. The van der Waals surface area contributed by atoms with Crippen LogP contribution >= 0.6 is 0 Å². The van der Waals surface area contributed by atoms with Gasteiger partial charge in [-0.3, -0.25) is 14.0 Å². The number of anilines is 1. The molecule has 174 valence electrons. The summed E-state index contributed by atoms with van der Waals surface area (Å²) < 4.78 is 52.1. The first-order valence-corrected chi connectivity index (χ1v) is 11.7. The van der Waals surface area contributed by atoms with Gasteiger partial charge in [0.1, 0.15) is 23.0 Å². The van der Waals surface area contributed by atoms with Gasteiger partial charge < -0.3 is 14.8 Å². The SMILES string of the molecule is COc1ccc(C)cc1S(=O)(=O)N(CC(=O)NCCN1CCOCC1)c1ccc(F)cc1. The number of morpholine rings is 1. The van der Waals surface area contributed by atoms with Crippen LogP contribution < -0.4 is 14.4 Å². The maximum absolute atomic E-state index is 13.6. The highest BCUT2D eigenvalue weighted by Crippen LogP contribution is 2.30. The van der Waals surface area contributed by atoms with Gasteiger partial charge in [-0.1, -0.05) is 6.07 Å². The summed E-state index contributed by atoms with van der Waals surface area (Å²) in [4.78, 5) is 14.8. The van der Waals surface area contributed by atoms with Crippen LogP contribution in [0.3, 0.4) is 0 Å². The molecule has 1 N–H and O–H groups in total. The molecule has 1 aliphatic heterocycles. The average Bonchev–Trinajstić information content (AvgIpc) is 2.79. The van der Waals surface area contributed by atoms with Gasteiger partial charge in [0.25, 0.3) is 10.0 Å². The lowest BCUT2D eigenvalue weighted by atomic mass is 10.2. The summed E-state index contributed by atoms with van der Waals surface area (Å²) in [5.41, 5.74) is 0.900. The van der Waals surface area contributed by atoms with Crippen molar-refractivity contribution in [1.29, 1.82) is 0 Å². The van der Waals surface area contributed by atoms with Gasteiger partial charge in [0.2, 0.25) is 5.91 Å². The number of sulfonamides is 1. The number of aryl methyl sites for hydroxylation is 1. The topological polar surface area (TPSA) is 88.2 Å². The quantitative estimate of drug-likeness (QED) is 0.608. The predicted octanol–water partition coefficient (Wildman–Crippen LogP) is 1.79. The molecule has 1 aliphatic rings. The molecule has 0 atom stereocenters. The minimum absolute atomic E-state index is 0.0644. The van der Waals surface area contributed by atoms with Gasteiger partial charge in [-0.15, -0.1) is 0 Å². The number of benzene rings is 2. The number of ether oxygens (including phenoxy) is 2. The van der Waals surface area contributed by atoms with Crippen LogP contribution in [0.25, 0.3) is 0 Å². The molecule has 0 spiro atoms. The van der Waals surface area contributed by atoms with Gasteiger partial charge in [-0.25, -0.2) is 12.8 Å². The monoisotopic (exact) mass is 465 g/mol. The summed E-state index contributed by atoms with van der Waals surface area (Å²) >= 11 is 0. The van der Waals surface area contributed by atoms with Gasteiger partial charge >= 0.3 is 0 Å². The molecule has 0 aliphatic carbocycles. The Morgan fingerprint density at radius 3 is 2.53 bits per heavy atom. The van der Waals surface area contributed by atoms with Crippen LogP contribution in [0.5, 0.6) is 5.75 Å². The molecule has 1 fully saturated rings. The Balaban J connectivity index is 1.81. The Morgan fingerprint density at radius 1 is 1.19 bits per heavy atom. The highest BCUT2D eigenvalue weighted by molar-refractivity contribution is 7.93. The van der Waals surface area contributed by atoms with Gasteiger partial charge in [0.15, 0.2) is 0 Å². The Kier molecular flexibility index (Phi) is 8.05. The van der Waals surface area contributed by atoms with Crippen molar-refractivity contribution in [1.82, 2.24) is 10.2 Å². The Hall–Kier alpha value is -2.69. The normalized spacial score (nSPS) is 14.7. The fraction of sp³-hybridized carbons (Fsp3) is 0.409. The van der Waals surface area contributed by atoms with Crippen molar-refractivity contribution < 1.29 is 27.1 Å². The van der Waals surface area contributed by atoms with Crippen LogP contribution in [0.2, 0.25) is 0 Å². The van der Waals surface area contributed by atoms with Crippen LogP contribution in [0, 0.1) is 12.7 Å². The first-order valence-electron chi connectivity index (χ1n) is 10.3. The predicted molar refractivity (Wildman–Crippen MR) is 119 cm³/mol. The molecule has 0 aromatic heterocycles. The highest BCUT2D eigenvalue weighted by Gasteiger charge is 2.30. The lowest BCUT2D eigenvalue weighted by Gasteiger charge is -2.27. The van der Waals surface area contributed by atoms with Gasteiger partial charge in [-0.2, -0.15) is 0 Å². The van der Waals surface area contributed by atoms with Crippen molar-refractivity contribution in [2.45, 2.75) is 11.8 Å². The second-order valence-electron chi connectivity index (χ2n) is 7.45. The lowest BCUT2D eigenvalue weighted by Crippen LogP contribution is -2.45. The molecule has 10 heteroatoms. The van der Waals surface area contributed by atoms with Crippen molar-refractivity contribution in [3.63, 3.8) is 0 Å². The molecule has 2 aromatic carbocycles. The van der Waals surface area contributed by atoms with E-state index in [-0.39, 0.29) is 16.3 Å². The minimum Gasteiger partial charge on any atom is -0.495 e. The Morgan fingerprint density at radius 2 is 1.88 bits per heavy atom. The molecule has 0 saturated carbocycles. The third-order valence-electron chi connectivity index (χ3n) is 5.14. The van der Waals surface area contributed by atoms with E-state index in [1.54, 1.807) is 19.1 Å². The largest absolute Gasteiger partial charge is 0.495 e. The minimum atomic E-state index is -4.17. The van der Waals surface area contributed by atoms with E-state index < -0.39 is 28.3 Å². The number of methoxy groups -OCH3 is 1. The lowest BCUT2D eigenvalue weighted by molar-refractivity contribution is -0.119. The van der Waals surface area contributed by atoms with Crippen molar-refractivity contribution in [2.75, 3.05) is 57.4 Å². The summed E-state index contributed by atoms with van der Waals surface area (Å²) in [7, 11) is -2.80. The van der Waals surface area contributed by atoms with E-state index in [9.17, 15) is 17.6 Å². The van der Waals surface area contributed by atoms with Crippen molar-refractivity contribution in [3.8, 4) is 5.75 Å². The zero-order chi connectivity index (χ0) is 23.1. The van der Waals surface area contributed by atoms with E-state index in [1.165, 1.54) is 25.3 Å². The van der Waals surface area contributed by atoms with E-state index in [4.69, 9.17) is 9.47 Å². The molecule has 32 heavy (non-hydrogen) atoms. The van der Waals surface area contributed by atoms with Gasteiger partial charge in [-0.05, 0) is 48.9 Å². The number of carbonyl (C=O) groups is 1. The molecular weight excluding hydrogens is 437 g/mol. The van der Waals surface area contributed by atoms with Crippen LogP contribution in [0.15, 0.2) is 47.4 Å². The van der Waals surface area contributed by atoms with Gasteiger partial charge in [0.05, 0.1) is 26.0 Å². The van der Waals surface area contributed by atoms with Crippen LogP contribution in [-0.4, -0.2) is 72.3 Å². The number of hydrogen-bond donors (Lipinski definition) is 1. The summed E-state index contributed by atoms with van der Waals surface area (Å²) in [6, 6.07) is 9.75. The fourth-order valence-corrected chi connectivity index (χ4v) is 5.06. The number of halogens is 1. The van der Waals surface area contributed by atoms with Crippen molar-refractivity contribution in [2.24, 2.45) is 0 Å². The smallest absolute Gasteiger partial charge is 0.268 e. The molecule has 0 unspecified atom stereocenters. The van der Waals surface area contributed by atoms with Crippen LogP contribution in [0.1, 0.15) is 5.56 Å². The number of rotatable bonds is 9. The fourth-order valence-electron chi connectivity index (χ4n) is 3.39. The number of nitrogens with one attached hydrogen (secondary N) is 1. The summed E-state index contributed by atoms with van der Waals surface area (Å²) in [6.07, 6.45) is 0. The van der Waals surface area contributed by atoms with Crippen molar-refractivity contribution in [3.05, 3.63) is 53.8 Å². The Bertz CT molecular complexity index is 1020. The maximum Gasteiger partial charge on any atom is 0.268 e. The Labute approximate surface area is 188 Å². The maximum atomic E-state index is 13.6. The second kappa shape index (κ2) is 10.8. The first-order chi connectivity index (χ1) is 15.3. The molecule has 3 rings (SSSR count). The number of carbonyl (C=O) groups excluding carboxylic acids is 1. The first kappa shape index (κ1) is 24.0. The van der Waals surface area contributed by atoms with E-state index in [1.807, 2.05) is 0 Å². The van der Waals surface area contributed by atoms with Crippen molar-refractivity contribution >= 4 is 21.6 Å². The molecular formula is C22H28FN3O5S. The summed E-state index contributed by atoms with van der Waals surface area (Å²) in [5, 5.41) is 2.77. The van der Waals surface area contributed by atoms with Crippen LogP contribution in [0.4, 0.5) is 10.1 Å². The second-order valence-corrected chi connectivity index (χ2v) is 9.28. The number of hydrogen-bond acceptors (Lipinski definition) is 6. The van der Waals surface area contributed by atoms with E-state index in [0.717, 1.165) is 35.1 Å². The molecule has 2 aromatic rings. The highest BCUT2D eigenvalue weighted by atomic mass is 32.2. The van der Waals surface area contributed by atoms with Crippen LogP contribution in [-0.2, 0) is 19.6 Å². The zero-order valence-electron chi connectivity index (χ0n) is 18.2. The summed E-state index contributed by atoms with van der Waals surface area (Å²) in [5.74, 6) is -0.803. The zero-order valence-corrected chi connectivity index (χ0v) is 19.0. The molecule has 8 nitrogen and oxygen atoms in total.